The van der Waals surface area contributed by atoms with Crippen LogP contribution < -0.4 is 10.1 Å². The molecular weight excluding hydrogens is 241 g/mol. The Morgan fingerprint density at radius 2 is 2.18 bits per heavy atom. The molecule has 1 aromatic rings. The summed E-state index contributed by atoms with van der Waals surface area (Å²) < 4.78 is 19.1. The molecule has 1 aliphatic carbocycles. The normalized spacial score (nSPS) is 22.9. The number of rotatable bonds is 4. The van der Waals surface area contributed by atoms with E-state index in [1.807, 2.05) is 20.9 Å². The SMILES string of the molecule is CNC1CC1c1cc(Cl)c(F)cc1OC(C)C. The van der Waals surface area contributed by atoms with Crippen LogP contribution in [-0.4, -0.2) is 19.2 Å². The van der Waals surface area contributed by atoms with Gasteiger partial charge in [0.25, 0.3) is 0 Å². The number of hydrogen-bond donors (Lipinski definition) is 1. The van der Waals surface area contributed by atoms with Gasteiger partial charge in [0.05, 0.1) is 11.1 Å². The van der Waals surface area contributed by atoms with Crippen LogP contribution in [0.3, 0.4) is 0 Å². The van der Waals surface area contributed by atoms with Gasteiger partial charge >= 0.3 is 0 Å². The van der Waals surface area contributed by atoms with Crippen molar-refractivity contribution >= 4 is 11.6 Å². The van der Waals surface area contributed by atoms with Crippen molar-refractivity contribution in [2.24, 2.45) is 0 Å². The maximum atomic E-state index is 13.4. The number of halogens is 2. The van der Waals surface area contributed by atoms with Gasteiger partial charge in [-0.15, -0.1) is 0 Å². The van der Waals surface area contributed by atoms with Crippen LogP contribution in [0.1, 0.15) is 31.7 Å². The van der Waals surface area contributed by atoms with Crippen LogP contribution in [0.15, 0.2) is 12.1 Å². The van der Waals surface area contributed by atoms with E-state index in [0.717, 1.165) is 12.0 Å². The highest BCUT2D eigenvalue weighted by atomic mass is 35.5. The molecule has 94 valence electrons. The third-order valence-corrected chi connectivity index (χ3v) is 3.27. The molecule has 0 aliphatic heterocycles. The zero-order chi connectivity index (χ0) is 12.6. The molecule has 0 amide bonds. The Morgan fingerprint density at radius 3 is 2.71 bits per heavy atom. The molecule has 2 rings (SSSR count). The Labute approximate surface area is 106 Å². The van der Waals surface area contributed by atoms with E-state index in [1.165, 1.54) is 6.07 Å². The minimum Gasteiger partial charge on any atom is -0.491 e. The van der Waals surface area contributed by atoms with Crippen molar-refractivity contribution in [2.45, 2.75) is 38.3 Å². The highest BCUT2D eigenvalue weighted by molar-refractivity contribution is 6.30. The van der Waals surface area contributed by atoms with Gasteiger partial charge in [0.15, 0.2) is 0 Å². The molecule has 2 unspecified atom stereocenters. The summed E-state index contributed by atoms with van der Waals surface area (Å²) in [5.74, 6) is 0.573. The zero-order valence-electron chi connectivity index (χ0n) is 10.3. The Morgan fingerprint density at radius 1 is 1.47 bits per heavy atom. The third-order valence-electron chi connectivity index (χ3n) is 2.98. The average molecular weight is 258 g/mol. The van der Waals surface area contributed by atoms with Gasteiger partial charge in [0.1, 0.15) is 11.6 Å². The van der Waals surface area contributed by atoms with Crippen molar-refractivity contribution in [3.05, 3.63) is 28.5 Å². The number of benzene rings is 1. The van der Waals surface area contributed by atoms with Crippen LogP contribution >= 0.6 is 11.6 Å². The summed E-state index contributed by atoms with van der Waals surface area (Å²) in [4.78, 5) is 0. The molecule has 0 heterocycles. The predicted molar refractivity (Wildman–Crippen MR) is 67.4 cm³/mol. The van der Waals surface area contributed by atoms with E-state index in [0.29, 0.717) is 17.7 Å². The highest BCUT2D eigenvalue weighted by Gasteiger charge is 2.39. The summed E-state index contributed by atoms with van der Waals surface area (Å²) in [7, 11) is 1.93. The van der Waals surface area contributed by atoms with Gasteiger partial charge < -0.3 is 10.1 Å². The summed E-state index contributed by atoms with van der Waals surface area (Å²) >= 11 is 5.83. The molecule has 0 bridgehead atoms. The monoisotopic (exact) mass is 257 g/mol. The van der Waals surface area contributed by atoms with Crippen molar-refractivity contribution in [2.75, 3.05) is 7.05 Å². The fourth-order valence-corrected chi connectivity index (χ4v) is 2.22. The second kappa shape index (κ2) is 4.83. The number of ether oxygens (including phenoxy) is 1. The standard InChI is InChI=1S/C13H17ClFNO/c1-7(2)17-13-6-11(15)10(14)4-9(13)8-5-12(8)16-3/h4,6-8,12,16H,5H2,1-3H3. The maximum absolute atomic E-state index is 13.4. The van der Waals surface area contributed by atoms with Gasteiger partial charge in [0, 0.05) is 23.6 Å². The van der Waals surface area contributed by atoms with Gasteiger partial charge in [-0.05, 0) is 33.4 Å². The number of hydrogen-bond acceptors (Lipinski definition) is 2. The minimum absolute atomic E-state index is 0.0288. The number of likely N-dealkylation sites (N-methyl/N-ethyl adjacent to an activating group) is 1. The van der Waals surface area contributed by atoms with Gasteiger partial charge in [0.2, 0.25) is 0 Å². The number of nitrogens with one attached hydrogen (secondary N) is 1. The van der Waals surface area contributed by atoms with Crippen LogP contribution in [-0.2, 0) is 0 Å². The molecule has 2 nitrogen and oxygen atoms in total. The first-order valence-electron chi connectivity index (χ1n) is 5.85. The molecule has 4 heteroatoms. The molecule has 1 aliphatic rings. The predicted octanol–water partition coefficient (Wildman–Crippen LogP) is 3.34. The lowest BCUT2D eigenvalue weighted by atomic mass is 10.1. The lowest BCUT2D eigenvalue weighted by molar-refractivity contribution is 0.239. The van der Waals surface area contributed by atoms with E-state index >= 15 is 0 Å². The second-order valence-electron chi connectivity index (χ2n) is 4.71. The highest BCUT2D eigenvalue weighted by Crippen LogP contribution is 2.46. The van der Waals surface area contributed by atoms with Gasteiger partial charge in [-0.25, -0.2) is 4.39 Å². The molecule has 0 aromatic heterocycles. The van der Waals surface area contributed by atoms with Crippen LogP contribution in [0, 0.1) is 5.82 Å². The van der Waals surface area contributed by atoms with Crippen molar-refractivity contribution in [3.63, 3.8) is 0 Å². The van der Waals surface area contributed by atoms with E-state index in [-0.39, 0.29) is 11.1 Å². The Kier molecular flexibility index (Phi) is 3.59. The first-order chi connectivity index (χ1) is 8.02. The van der Waals surface area contributed by atoms with Crippen LogP contribution in [0.4, 0.5) is 4.39 Å². The van der Waals surface area contributed by atoms with Crippen molar-refractivity contribution in [1.29, 1.82) is 0 Å². The van der Waals surface area contributed by atoms with E-state index in [4.69, 9.17) is 16.3 Å². The van der Waals surface area contributed by atoms with Crippen LogP contribution in [0.2, 0.25) is 5.02 Å². The Hall–Kier alpha value is -0.800. The van der Waals surface area contributed by atoms with Crippen molar-refractivity contribution in [1.82, 2.24) is 5.32 Å². The molecule has 0 radical (unpaired) electrons. The summed E-state index contributed by atoms with van der Waals surface area (Å²) in [6.45, 7) is 3.86. The van der Waals surface area contributed by atoms with Gasteiger partial charge in [-0.3, -0.25) is 0 Å². The molecule has 1 aromatic carbocycles. The fraction of sp³-hybridized carbons (Fsp3) is 0.538. The molecule has 0 spiro atoms. The summed E-state index contributed by atoms with van der Waals surface area (Å²) in [6.07, 6.45) is 1.08. The molecule has 1 saturated carbocycles. The average Bonchev–Trinajstić information content (AvgIpc) is 3.01. The van der Waals surface area contributed by atoms with E-state index in [9.17, 15) is 4.39 Å². The Balaban J connectivity index is 2.31. The molecule has 0 saturated heterocycles. The maximum Gasteiger partial charge on any atom is 0.145 e. The van der Waals surface area contributed by atoms with E-state index in [1.54, 1.807) is 6.07 Å². The molecular formula is C13H17ClFNO. The first kappa shape index (κ1) is 12.7. The third kappa shape index (κ3) is 2.72. The topological polar surface area (TPSA) is 21.3 Å². The van der Waals surface area contributed by atoms with Gasteiger partial charge in [-0.1, -0.05) is 11.6 Å². The Bertz CT molecular complexity index is 422. The largest absolute Gasteiger partial charge is 0.491 e. The summed E-state index contributed by atoms with van der Waals surface area (Å²) in [6, 6.07) is 3.53. The zero-order valence-corrected chi connectivity index (χ0v) is 11.0. The van der Waals surface area contributed by atoms with Gasteiger partial charge in [-0.2, -0.15) is 0 Å². The summed E-state index contributed by atoms with van der Waals surface area (Å²) in [5.41, 5.74) is 1.00. The van der Waals surface area contributed by atoms with E-state index in [2.05, 4.69) is 5.32 Å². The second-order valence-corrected chi connectivity index (χ2v) is 5.12. The molecule has 1 fully saturated rings. The minimum atomic E-state index is -0.423. The first-order valence-corrected chi connectivity index (χ1v) is 6.23. The van der Waals surface area contributed by atoms with E-state index < -0.39 is 5.82 Å². The molecule has 17 heavy (non-hydrogen) atoms. The summed E-state index contributed by atoms with van der Waals surface area (Å²) in [5, 5.41) is 3.37. The lowest BCUT2D eigenvalue weighted by Crippen LogP contribution is -2.12. The molecule has 2 atom stereocenters. The lowest BCUT2D eigenvalue weighted by Gasteiger charge is -2.15. The van der Waals surface area contributed by atoms with Crippen LogP contribution in [0.25, 0.3) is 0 Å². The van der Waals surface area contributed by atoms with Crippen molar-refractivity contribution < 1.29 is 9.13 Å². The van der Waals surface area contributed by atoms with Crippen molar-refractivity contribution in [3.8, 4) is 5.75 Å². The smallest absolute Gasteiger partial charge is 0.145 e. The molecule has 1 N–H and O–H groups in total. The quantitative estimate of drug-likeness (QED) is 0.893. The van der Waals surface area contributed by atoms with Crippen LogP contribution in [0.5, 0.6) is 5.75 Å². The fourth-order valence-electron chi connectivity index (χ4n) is 2.05.